The van der Waals surface area contributed by atoms with Gasteiger partial charge in [0.1, 0.15) is 5.60 Å². The zero-order chi connectivity index (χ0) is 20.9. The third kappa shape index (κ3) is 2.95. The van der Waals surface area contributed by atoms with Crippen molar-refractivity contribution in [3.05, 3.63) is 69.7 Å². The molecule has 2 aromatic carbocycles. The fourth-order valence-corrected chi connectivity index (χ4v) is 4.83. The van der Waals surface area contributed by atoms with E-state index in [9.17, 15) is 14.7 Å². The van der Waals surface area contributed by atoms with E-state index < -0.39 is 28.2 Å². The van der Waals surface area contributed by atoms with Crippen molar-refractivity contribution in [2.24, 2.45) is 0 Å². The van der Waals surface area contributed by atoms with Crippen LogP contribution in [0.1, 0.15) is 38.8 Å². The summed E-state index contributed by atoms with van der Waals surface area (Å²) < 4.78 is 0. The molecule has 2 atom stereocenters. The van der Waals surface area contributed by atoms with E-state index in [1.54, 1.807) is 60.4 Å². The molecular formula is C22H23Cl2NO3. The molecule has 4 nitrogen and oxygen atoms in total. The second-order valence-corrected chi connectivity index (χ2v) is 8.93. The van der Waals surface area contributed by atoms with Crippen LogP contribution in [0.25, 0.3) is 0 Å². The number of carbonyl (C=O) groups excluding carboxylic acids is 2. The fraction of sp³-hybridized carbons (Fsp3) is 0.364. The van der Waals surface area contributed by atoms with Crippen LogP contribution in [0, 0.1) is 0 Å². The number of β-amino-alcohol motifs (C(OH)–C–C–N with tert-alkyl or cyclic N) is 1. The summed E-state index contributed by atoms with van der Waals surface area (Å²) >= 11 is 12.3. The van der Waals surface area contributed by atoms with Gasteiger partial charge in [-0.2, -0.15) is 0 Å². The van der Waals surface area contributed by atoms with Crippen molar-refractivity contribution < 1.29 is 14.7 Å². The highest BCUT2D eigenvalue weighted by molar-refractivity contribution is 6.34. The molecule has 0 aromatic heterocycles. The molecule has 6 heteroatoms. The lowest BCUT2D eigenvalue weighted by atomic mass is 9.67. The van der Waals surface area contributed by atoms with Crippen molar-refractivity contribution in [3.8, 4) is 0 Å². The summed E-state index contributed by atoms with van der Waals surface area (Å²) in [4.78, 5) is 28.2. The van der Waals surface area contributed by atoms with Crippen LogP contribution in [0.15, 0.2) is 48.5 Å². The van der Waals surface area contributed by atoms with Gasteiger partial charge in [-0.1, -0.05) is 53.5 Å². The molecule has 1 amide bonds. The molecule has 1 N–H and O–H groups in total. The van der Waals surface area contributed by atoms with Crippen molar-refractivity contribution in [2.75, 3.05) is 6.54 Å². The second-order valence-electron chi connectivity index (χ2n) is 8.05. The summed E-state index contributed by atoms with van der Waals surface area (Å²) in [5.74, 6) is -0.826. The molecule has 0 bridgehead atoms. The summed E-state index contributed by atoms with van der Waals surface area (Å²) in [6.45, 7) is 6.60. The quantitative estimate of drug-likeness (QED) is 0.749. The number of nitrogens with zero attached hydrogens (tertiary/aromatic N) is 1. The van der Waals surface area contributed by atoms with Crippen molar-refractivity contribution in [1.29, 1.82) is 0 Å². The van der Waals surface area contributed by atoms with E-state index in [2.05, 4.69) is 0 Å². The van der Waals surface area contributed by atoms with Crippen LogP contribution in [-0.2, 0) is 20.5 Å². The van der Waals surface area contributed by atoms with E-state index in [0.29, 0.717) is 15.6 Å². The number of hydrogen-bond acceptors (Lipinski definition) is 3. The predicted octanol–water partition coefficient (Wildman–Crippen LogP) is 4.35. The van der Waals surface area contributed by atoms with Gasteiger partial charge in [-0.05, 0) is 57.0 Å². The topological polar surface area (TPSA) is 57.6 Å². The van der Waals surface area contributed by atoms with E-state index in [0.717, 1.165) is 5.56 Å². The van der Waals surface area contributed by atoms with Gasteiger partial charge in [0, 0.05) is 10.0 Å². The summed E-state index contributed by atoms with van der Waals surface area (Å²) in [7, 11) is 0. The fourth-order valence-electron chi connectivity index (χ4n) is 4.30. The molecule has 1 aliphatic heterocycles. The lowest BCUT2D eigenvalue weighted by Gasteiger charge is -2.37. The summed E-state index contributed by atoms with van der Waals surface area (Å²) in [6.07, 6.45) is 0. The van der Waals surface area contributed by atoms with Gasteiger partial charge in [0.2, 0.25) is 5.91 Å². The Morgan fingerprint density at radius 2 is 1.64 bits per heavy atom. The number of hydrogen-bond donors (Lipinski definition) is 1. The SMILES string of the molecule is CC(=O)C1(c2ccccc2)C(=O)N(C(C)(C)c2cc(Cl)cc(Cl)c2)CC1(C)O. The van der Waals surface area contributed by atoms with Crippen molar-refractivity contribution in [2.45, 2.75) is 44.2 Å². The van der Waals surface area contributed by atoms with Gasteiger partial charge in [0.25, 0.3) is 0 Å². The molecule has 0 aliphatic carbocycles. The Hall–Kier alpha value is -1.88. The lowest BCUT2D eigenvalue weighted by molar-refractivity contribution is -0.145. The second kappa shape index (κ2) is 6.87. The van der Waals surface area contributed by atoms with Crippen molar-refractivity contribution in [1.82, 2.24) is 4.90 Å². The van der Waals surface area contributed by atoms with E-state index >= 15 is 0 Å². The molecule has 2 aromatic rings. The van der Waals surface area contributed by atoms with E-state index in [1.807, 2.05) is 13.8 Å². The number of amides is 1. The third-order valence-corrected chi connectivity index (χ3v) is 6.25. The van der Waals surface area contributed by atoms with Gasteiger partial charge in [0.05, 0.1) is 12.1 Å². The van der Waals surface area contributed by atoms with Gasteiger partial charge in [0.15, 0.2) is 11.2 Å². The number of benzene rings is 2. The molecule has 148 valence electrons. The molecular weight excluding hydrogens is 397 g/mol. The highest BCUT2D eigenvalue weighted by Crippen LogP contribution is 2.48. The van der Waals surface area contributed by atoms with Crippen molar-refractivity contribution >= 4 is 34.9 Å². The molecule has 1 aliphatic rings. The van der Waals surface area contributed by atoms with Crippen LogP contribution in [0.5, 0.6) is 0 Å². The minimum absolute atomic E-state index is 0.00254. The highest BCUT2D eigenvalue weighted by atomic mass is 35.5. The van der Waals surface area contributed by atoms with E-state index in [-0.39, 0.29) is 6.54 Å². The average Bonchev–Trinajstić information content (AvgIpc) is 2.82. The number of aliphatic hydroxyl groups is 1. The first kappa shape index (κ1) is 20.8. The maximum atomic E-state index is 13.8. The smallest absolute Gasteiger partial charge is 0.244 e. The molecule has 1 fully saturated rings. The Bertz CT molecular complexity index is 920. The van der Waals surface area contributed by atoms with Crippen LogP contribution >= 0.6 is 23.2 Å². The van der Waals surface area contributed by atoms with Gasteiger partial charge < -0.3 is 10.0 Å². The zero-order valence-corrected chi connectivity index (χ0v) is 17.8. The molecule has 2 unspecified atom stereocenters. The molecule has 3 rings (SSSR count). The molecule has 0 radical (unpaired) electrons. The van der Waals surface area contributed by atoms with Crippen LogP contribution in [0.4, 0.5) is 0 Å². The van der Waals surface area contributed by atoms with Gasteiger partial charge in [-0.3, -0.25) is 9.59 Å². The zero-order valence-electron chi connectivity index (χ0n) is 16.3. The number of ketones is 1. The molecule has 28 heavy (non-hydrogen) atoms. The lowest BCUT2D eigenvalue weighted by Crippen LogP contribution is -2.56. The minimum atomic E-state index is -1.67. The first-order valence-corrected chi connectivity index (χ1v) is 9.78. The Morgan fingerprint density at radius 1 is 1.11 bits per heavy atom. The van der Waals surface area contributed by atoms with Crippen LogP contribution in [-0.4, -0.2) is 33.8 Å². The Labute approximate surface area is 175 Å². The molecule has 0 spiro atoms. The number of rotatable bonds is 4. The van der Waals surface area contributed by atoms with Gasteiger partial charge in [-0.15, -0.1) is 0 Å². The standard InChI is InChI=1S/C22H23Cl2NO3/c1-14(26)22(15-8-6-5-7-9-15)19(27)25(13-21(22,4)28)20(2,3)16-10-17(23)12-18(24)11-16/h5-12,28H,13H2,1-4H3. The van der Waals surface area contributed by atoms with Crippen LogP contribution in [0.2, 0.25) is 10.0 Å². The third-order valence-electron chi connectivity index (χ3n) is 5.82. The van der Waals surface area contributed by atoms with E-state index in [1.165, 1.54) is 6.92 Å². The summed E-state index contributed by atoms with van der Waals surface area (Å²) in [5.41, 5.74) is -2.90. The highest BCUT2D eigenvalue weighted by Gasteiger charge is 2.66. The molecule has 1 saturated heterocycles. The summed E-state index contributed by atoms with van der Waals surface area (Å²) in [6, 6.07) is 13.8. The first-order chi connectivity index (χ1) is 12.9. The monoisotopic (exact) mass is 419 g/mol. The van der Waals surface area contributed by atoms with E-state index in [4.69, 9.17) is 23.2 Å². The Morgan fingerprint density at radius 3 is 2.14 bits per heavy atom. The number of halogens is 2. The average molecular weight is 420 g/mol. The maximum absolute atomic E-state index is 13.8. The first-order valence-electron chi connectivity index (χ1n) is 9.02. The summed E-state index contributed by atoms with van der Waals surface area (Å²) in [5, 5.41) is 12.3. The minimum Gasteiger partial charge on any atom is -0.386 e. The molecule has 0 saturated carbocycles. The number of carbonyl (C=O) groups is 2. The van der Waals surface area contributed by atoms with Crippen LogP contribution < -0.4 is 0 Å². The number of likely N-dealkylation sites (tertiary alicyclic amines) is 1. The van der Waals surface area contributed by atoms with Gasteiger partial charge in [-0.25, -0.2) is 0 Å². The Kier molecular flexibility index (Phi) is 5.11. The van der Waals surface area contributed by atoms with Gasteiger partial charge >= 0.3 is 0 Å². The predicted molar refractivity (Wildman–Crippen MR) is 111 cm³/mol. The Balaban J connectivity index is 2.18. The maximum Gasteiger partial charge on any atom is 0.244 e. The van der Waals surface area contributed by atoms with Crippen molar-refractivity contribution in [3.63, 3.8) is 0 Å². The molecule has 1 heterocycles. The largest absolute Gasteiger partial charge is 0.386 e. The normalized spacial score (nSPS) is 25.2. The number of Topliss-reactive ketones (excluding diaryl/α,β-unsaturated/α-hetero) is 1. The van der Waals surface area contributed by atoms with Crippen LogP contribution in [0.3, 0.4) is 0 Å².